The second-order valence-electron chi connectivity index (χ2n) is 4.64. The normalized spacial score (nSPS) is 19.0. The number of para-hydroxylation sites is 1. The number of ether oxygens (including phenoxy) is 1. The first-order chi connectivity index (χ1) is 8.74. The lowest BCUT2D eigenvalue weighted by atomic mass is 10.1. The van der Waals surface area contributed by atoms with Gasteiger partial charge >= 0.3 is 0 Å². The Balaban J connectivity index is 1.99. The molecule has 1 atom stereocenters. The molecule has 0 aliphatic carbocycles. The molecule has 1 fully saturated rings. The summed E-state index contributed by atoms with van der Waals surface area (Å²) < 4.78 is 5.26. The first-order valence-electron chi connectivity index (χ1n) is 6.20. The summed E-state index contributed by atoms with van der Waals surface area (Å²) in [7, 11) is 1.63. The van der Waals surface area contributed by atoms with Crippen molar-refractivity contribution in [3.63, 3.8) is 0 Å². The van der Waals surface area contributed by atoms with Crippen molar-refractivity contribution in [2.45, 2.75) is 12.8 Å². The Morgan fingerprint density at radius 3 is 2.94 bits per heavy atom. The number of benzene rings is 1. The first kappa shape index (κ1) is 13.2. The molecular formula is C14H18ClNO2. The molecule has 1 heterocycles. The minimum absolute atomic E-state index is 0.159. The van der Waals surface area contributed by atoms with Crippen molar-refractivity contribution >= 4 is 17.5 Å². The zero-order valence-corrected chi connectivity index (χ0v) is 11.3. The first-order valence-corrected chi connectivity index (χ1v) is 6.73. The Morgan fingerprint density at radius 2 is 2.28 bits per heavy atom. The van der Waals surface area contributed by atoms with Gasteiger partial charge in [-0.1, -0.05) is 18.2 Å². The SMILES string of the molecule is COc1ccccc1CC(=O)N1CCC(CCl)C1. The molecule has 1 aromatic carbocycles. The number of methoxy groups -OCH3 is 1. The zero-order valence-electron chi connectivity index (χ0n) is 10.6. The van der Waals surface area contributed by atoms with E-state index in [2.05, 4.69) is 0 Å². The molecule has 0 radical (unpaired) electrons. The van der Waals surface area contributed by atoms with Gasteiger partial charge in [-0.2, -0.15) is 0 Å². The number of carbonyl (C=O) groups excluding carboxylic acids is 1. The van der Waals surface area contributed by atoms with Gasteiger partial charge < -0.3 is 9.64 Å². The Kier molecular flexibility index (Phi) is 4.48. The second-order valence-corrected chi connectivity index (χ2v) is 4.95. The standard InChI is InChI=1S/C14H18ClNO2/c1-18-13-5-3-2-4-12(13)8-14(17)16-7-6-11(9-15)10-16/h2-5,11H,6-10H2,1H3. The monoisotopic (exact) mass is 267 g/mol. The quantitative estimate of drug-likeness (QED) is 0.784. The number of likely N-dealkylation sites (tertiary alicyclic amines) is 1. The number of amides is 1. The molecule has 18 heavy (non-hydrogen) atoms. The summed E-state index contributed by atoms with van der Waals surface area (Å²) in [6, 6.07) is 7.66. The number of carbonyl (C=O) groups is 1. The van der Waals surface area contributed by atoms with Crippen molar-refractivity contribution in [1.82, 2.24) is 4.90 Å². The van der Waals surface area contributed by atoms with Gasteiger partial charge in [0.25, 0.3) is 0 Å². The molecule has 0 bridgehead atoms. The minimum Gasteiger partial charge on any atom is -0.496 e. The van der Waals surface area contributed by atoms with Crippen LogP contribution in [0.25, 0.3) is 0 Å². The molecule has 1 aromatic rings. The van der Waals surface area contributed by atoms with E-state index in [1.165, 1.54) is 0 Å². The minimum atomic E-state index is 0.159. The van der Waals surface area contributed by atoms with Gasteiger partial charge in [0.15, 0.2) is 0 Å². The van der Waals surface area contributed by atoms with Gasteiger partial charge in [-0.3, -0.25) is 4.79 Å². The lowest BCUT2D eigenvalue weighted by Gasteiger charge is -2.17. The maximum absolute atomic E-state index is 12.2. The third-order valence-electron chi connectivity index (χ3n) is 3.39. The van der Waals surface area contributed by atoms with Gasteiger partial charge in [-0.05, 0) is 18.4 Å². The van der Waals surface area contributed by atoms with Gasteiger partial charge in [0.1, 0.15) is 5.75 Å². The Morgan fingerprint density at radius 1 is 1.50 bits per heavy atom. The lowest BCUT2D eigenvalue weighted by Crippen LogP contribution is -2.30. The van der Waals surface area contributed by atoms with Crippen LogP contribution in [-0.4, -0.2) is 36.9 Å². The molecule has 98 valence electrons. The predicted octanol–water partition coefficient (Wildman–Crippen LogP) is 2.33. The van der Waals surface area contributed by atoms with Crippen LogP contribution >= 0.6 is 11.6 Å². The van der Waals surface area contributed by atoms with Crippen molar-refractivity contribution in [3.8, 4) is 5.75 Å². The van der Waals surface area contributed by atoms with Crippen molar-refractivity contribution in [3.05, 3.63) is 29.8 Å². The number of alkyl halides is 1. The summed E-state index contributed by atoms with van der Waals surface area (Å²) in [5.41, 5.74) is 0.944. The van der Waals surface area contributed by atoms with Crippen molar-refractivity contribution < 1.29 is 9.53 Å². The number of hydrogen-bond acceptors (Lipinski definition) is 2. The molecule has 1 aliphatic rings. The Bertz CT molecular complexity index is 422. The number of halogens is 1. The van der Waals surface area contributed by atoms with E-state index in [1.807, 2.05) is 29.2 Å². The fraction of sp³-hybridized carbons (Fsp3) is 0.500. The molecule has 1 aliphatic heterocycles. The van der Waals surface area contributed by atoms with Crippen LogP contribution in [0.4, 0.5) is 0 Å². The molecule has 0 N–H and O–H groups in total. The third kappa shape index (κ3) is 2.96. The second kappa shape index (κ2) is 6.10. The molecule has 1 amide bonds. The maximum atomic E-state index is 12.2. The third-order valence-corrected chi connectivity index (χ3v) is 3.83. The van der Waals surface area contributed by atoms with Crippen LogP contribution < -0.4 is 4.74 Å². The Labute approximate surface area is 113 Å². The molecule has 4 heteroatoms. The van der Waals surface area contributed by atoms with Crippen molar-refractivity contribution in [2.75, 3.05) is 26.1 Å². The largest absolute Gasteiger partial charge is 0.496 e. The molecule has 2 rings (SSSR count). The summed E-state index contributed by atoms with van der Waals surface area (Å²) in [5.74, 6) is 2.03. The van der Waals surface area contributed by atoms with E-state index in [4.69, 9.17) is 16.3 Å². The van der Waals surface area contributed by atoms with Crippen LogP contribution in [0.1, 0.15) is 12.0 Å². The van der Waals surface area contributed by atoms with Crippen molar-refractivity contribution in [2.24, 2.45) is 5.92 Å². The van der Waals surface area contributed by atoms with Crippen LogP contribution in [0, 0.1) is 5.92 Å². The summed E-state index contributed by atoms with van der Waals surface area (Å²) in [6.07, 6.45) is 1.42. The molecule has 1 saturated heterocycles. The van der Waals surface area contributed by atoms with Crippen LogP contribution in [-0.2, 0) is 11.2 Å². The van der Waals surface area contributed by atoms with Gasteiger partial charge in [0.05, 0.1) is 13.5 Å². The van der Waals surface area contributed by atoms with E-state index in [9.17, 15) is 4.79 Å². The highest BCUT2D eigenvalue weighted by molar-refractivity contribution is 6.18. The van der Waals surface area contributed by atoms with Gasteiger partial charge in [0.2, 0.25) is 5.91 Å². The average Bonchev–Trinajstić information content (AvgIpc) is 2.88. The van der Waals surface area contributed by atoms with E-state index in [0.717, 1.165) is 30.8 Å². The molecular weight excluding hydrogens is 250 g/mol. The van der Waals surface area contributed by atoms with Crippen LogP contribution in [0.3, 0.4) is 0 Å². The fourth-order valence-electron chi connectivity index (χ4n) is 2.31. The van der Waals surface area contributed by atoms with Gasteiger partial charge in [0, 0.05) is 24.5 Å². The van der Waals surface area contributed by atoms with Crippen LogP contribution in [0.2, 0.25) is 0 Å². The molecule has 3 nitrogen and oxygen atoms in total. The summed E-state index contributed by atoms with van der Waals surface area (Å²) in [5, 5.41) is 0. The molecule has 0 saturated carbocycles. The van der Waals surface area contributed by atoms with E-state index >= 15 is 0 Å². The lowest BCUT2D eigenvalue weighted by molar-refractivity contribution is -0.129. The van der Waals surface area contributed by atoms with Crippen LogP contribution in [0.15, 0.2) is 24.3 Å². The highest BCUT2D eigenvalue weighted by atomic mass is 35.5. The predicted molar refractivity (Wildman–Crippen MR) is 72.1 cm³/mol. The average molecular weight is 268 g/mol. The maximum Gasteiger partial charge on any atom is 0.227 e. The zero-order chi connectivity index (χ0) is 13.0. The summed E-state index contributed by atoms with van der Waals surface area (Å²) in [6.45, 7) is 1.61. The van der Waals surface area contributed by atoms with Gasteiger partial charge in [-0.15, -0.1) is 11.6 Å². The highest BCUT2D eigenvalue weighted by Gasteiger charge is 2.25. The Hall–Kier alpha value is -1.22. The molecule has 0 aromatic heterocycles. The molecule has 1 unspecified atom stereocenters. The van der Waals surface area contributed by atoms with Crippen LogP contribution in [0.5, 0.6) is 5.75 Å². The van der Waals surface area contributed by atoms with E-state index < -0.39 is 0 Å². The van der Waals surface area contributed by atoms with E-state index in [1.54, 1.807) is 7.11 Å². The fourth-order valence-corrected chi connectivity index (χ4v) is 2.56. The molecule has 0 spiro atoms. The number of rotatable bonds is 4. The number of hydrogen-bond donors (Lipinski definition) is 0. The van der Waals surface area contributed by atoms with Crippen molar-refractivity contribution in [1.29, 1.82) is 0 Å². The topological polar surface area (TPSA) is 29.5 Å². The smallest absolute Gasteiger partial charge is 0.227 e. The van der Waals surface area contributed by atoms with E-state index in [-0.39, 0.29) is 5.91 Å². The number of nitrogens with zero attached hydrogens (tertiary/aromatic N) is 1. The highest BCUT2D eigenvalue weighted by Crippen LogP contribution is 2.22. The summed E-state index contributed by atoms with van der Waals surface area (Å²) in [4.78, 5) is 14.1. The van der Waals surface area contributed by atoms with Gasteiger partial charge in [-0.25, -0.2) is 0 Å². The van der Waals surface area contributed by atoms with E-state index in [0.29, 0.717) is 18.2 Å². The summed E-state index contributed by atoms with van der Waals surface area (Å²) >= 11 is 5.83.